The van der Waals surface area contributed by atoms with E-state index in [0.29, 0.717) is 13.1 Å². The summed E-state index contributed by atoms with van der Waals surface area (Å²) in [5.74, 6) is -0.213. The lowest BCUT2D eigenvalue weighted by molar-refractivity contribution is -0.128. The van der Waals surface area contributed by atoms with Crippen LogP contribution >= 0.6 is 22.6 Å². The Morgan fingerprint density at radius 1 is 1.07 bits per heavy atom. The molecule has 5 nitrogen and oxygen atoms in total. The van der Waals surface area contributed by atoms with Crippen molar-refractivity contribution >= 4 is 34.2 Å². The Morgan fingerprint density at radius 2 is 1.74 bits per heavy atom. The van der Waals surface area contributed by atoms with Gasteiger partial charge in [0.15, 0.2) is 0 Å². The topological polar surface area (TPSA) is 59.4 Å². The number of benzene rings is 2. The summed E-state index contributed by atoms with van der Waals surface area (Å²) in [6.07, 6.45) is 1.50. The highest BCUT2D eigenvalue weighted by atomic mass is 127. The van der Waals surface area contributed by atoms with Crippen molar-refractivity contribution in [3.8, 4) is 6.07 Å². The van der Waals surface area contributed by atoms with E-state index in [4.69, 9.17) is 0 Å². The van der Waals surface area contributed by atoms with E-state index < -0.39 is 0 Å². The average Bonchev–Trinajstić information content (AvgIpc) is 2.71. The lowest BCUT2D eigenvalue weighted by Crippen LogP contribution is -2.48. The van der Waals surface area contributed by atoms with Gasteiger partial charge in [0.2, 0.25) is 0 Å². The van der Waals surface area contributed by atoms with Crippen molar-refractivity contribution in [3.63, 3.8) is 0 Å². The molecule has 1 N–H and O–H groups in total. The highest BCUT2D eigenvalue weighted by Gasteiger charge is 2.23. The van der Waals surface area contributed by atoms with Crippen molar-refractivity contribution in [1.29, 1.82) is 5.26 Å². The van der Waals surface area contributed by atoms with E-state index in [0.717, 1.165) is 28.9 Å². The predicted octanol–water partition coefficient (Wildman–Crippen LogP) is 3.45. The van der Waals surface area contributed by atoms with Crippen LogP contribution in [0.4, 0.5) is 5.69 Å². The van der Waals surface area contributed by atoms with Gasteiger partial charge in [-0.1, -0.05) is 30.3 Å². The van der Waals surface area contributed by atoms with E-state index in [1.54, 1.807) is 4.90 Å². The first-order valence-electron chi connectivity index (χ1n) is 8.83. The smallest absolute Gasteiger partial charge is 0.266 e. The largest absolute Gasteiger partial charge is 0.360 e. The van der Waals surface area contributed by atoms with Crippen molar-refractivity contribution in [2.45, 2.75) is 6.54 Å². The molecule has 6 heteroatoms. The van der Waals surface area contributed by atoms with Gasteiger partial charge in [-0.2, -0.15) is 5.26 Å². The molecule has 2 aromatic rings. The molecule has 0 bridgehead atoms. The van der Waals surface area contributed by atoms with Crippen LogP contribution in [0.2, 0.25) is 0 Å². The third-order valence-electron chi connectivity index (χ3n) is 4.49. The first-order chi connectivity index (χ1) is 13.2. The van der Waals surface area contributed by atoms with E-state index in [9.17, 15) is 10.1 Å². The number of piperazine rings is 1. The van der Waals surface area contributed by atoms with Crippen LogP contribution in [0.5, 0.6) is 0 Å². The minimum absolute atomic E-state index is 0.130. The molecular formula is C21H21IN4O. The molecule has 27 heavy (non-hydrogen) atoms. The fraction of sp³-hybridized carbons (Fsp3) is 0.238. The molecule has 0 atom stereocenters. The van der Waals surface area contributed by atoms with Gasteiger partial charge in [0, 0.05) is 48.2 Å². The molecule has 0 spiro atoms. The maximum Gasteiger partial charge on any atom is 0.266 e. The van der Waals surface area contributed by atoms with Crippen LogP contribution in [0.25, 0.3) is 0 Å². The summed E-state index contributed by atoms with van der Waals surface area (Å²) >= 11 is 2.23. The van der Waals surface area contributed by atoms with Gasteiger partial charge < -0.3 is 10.2 Å². The molecule has 0 aliphatic carbocycles. The molecule has 0 unspecified atom stereocenters. The zero-order valence-corrected chi connectivity index (χ0v) is 17.1. The normalized spacial score (nSPS) is 15.3. The molecule has 1 heterocycles. The fourth-order valence-electron chi connectivity index (χ4n) is 2.96. The second-order valence-electron chi connectivity index (χ2n) is 6.37. The standard InChI is InChI=1S/C21H21IN4O/c22-19-6-8-20(9-7-19)24-15-18(14-23)21(27)26-12-10-25(11-13-26)16-17-4-2-1-3-5-17/h1-9,15,24H,10-13,16H2/b18-15-. The van der Waals surface area contributed by atoms with Crippen LogP contribution in [-0.4, -0.2) is 41.9 Å². The number of carbonyl (C=O) groups excluding carboxylic acids is 1. The minimum Gasteiger partial charge on any atom is -0.360 e. The second-order valence-corrected chi connectivity index (χ2v) is 7.62. The Labute approximate surface area is 173 Å². The highest BCUT2D eigenvalue weighted by molar-refractivity contribution is 14.1. The summed E-state index contributed by atoms with van der Waals surface area (Å²) in [5, 5.41) is 12.4. The van der Waals surface area contributed by atoms with Crippen LogP contribution in [0.1, 0.15) is 5.56 Å². The molecule has 2 aromatic carbocycles. The number of nitrogens with one attached hydrogen (secondary N) is 1. The summed E-state index contributed by atoms with van der Waals surface area (Å²) in [4.78, 5) is 16.7. The quantitative estimate of drug-likeness (QED) is 0.412. The number of hydrogen-bond donors (Lipinski definition) is 1. The van der Waals surface area contributed by atoms with Crippen molar-refractivity contribution in [2.24, 2.45) is 0 Å². The Hall–Kier alpha value is -2.37. The van der Waals surface area contributed by atoms with Crippen molar-refractivity contribution in [3.05, 3.63) is 75.5 Å². The van der Waals surface area contributed by atoms with E-state index in [2.05, 4.69) is 44.9 Å². The molecule has 1 saturated heterocycles. The van der Waals surface area contributed by atoms with Gasteiger partial charge in [-0.3, -0.25) is 9.69 Å². The number of rotatable bonds is 5. The van der Waals surface area contributed by atoms with Crippen molar-refractivity contribution < 1.29 is 4.79 Å². The molecule has 1 amide bonds. The first kappa shape index (κ1) is 19.4. The summed E-state index contributed by atoms with van der Waals surface area (Å²) in [5.41, 5.74) is 2.25. The monoisotopic (exact) mass is 472 g/mol. The summed E-state index contributed by atoms with van der Waals surface area (Å²) < 4.78 is 1.13. The molecule has 1 fully saturated rings. The maximum absolute atomic E-state index is 12.6. The molecule has 138 valence electrons. The zero-order valence-electron chi connectivity index (χ0n) is 14.9. The summed E-state index contributed by atoms with van der Waals surface area (Å²) in [6.45, 7) is 3.77. The maximum atomic E-state index is 12.6. The van der Waals surface area contributed by atoms with Crippen LogP contribution in [0, 0.1) is 14.9 Å². The Morgan fingerprint density at radius 3 is 2.37 bits per heavy atom. The van der Waals surface area contributed by atoms with Gasteiger partial charge in [-0.15, -0.1) is 0 Å². The molecule has 3 rings (SSSR count). The van der Waals surface area contributed by atoms with Gasteiger partial charge >= 0.3 is 0 Å². The second kappa shape index (κ2) is 9.53. The zero-order chi connectivity index (χ0) is 19.1. The van der Waals surface area contributed by atoms with Crippen molar-refractivity contribution in [1.82, 2.24) is 9.80 Å². The van der Waals surface area contributed by atoms with Crippen LogP contribution < -0.4 is 5.32 Å². The van der Waals surface area contributed by atoms with Crippen LogP contribution in [0.15, 0.2) is 66.4 Å². The summed E-state index contributed by atoms with van der Waals surface area (Å²) in [6, 6.07) is 20.1. The fourth-order valence-corrected chi connectivity index (χ4v) is 3.32. The molecule has 0 saturated carbocycles. The molecule has 0 aromatic heterocycles. The van der Waals surface area contributed by atoms with Gasteiger partial charge in [0.05, 0.1) is 0 Å². The van der Waals surface area contributed by atoms with E-state index in [1.165, 1.54) is 11.8 Å². The Balaban J connectivity index is 1.54. The molecule has 1 aliphatic heterocycles. The number of amides is 1. The van der Waals surface area contributed by atoms with Gasteiger partial charge in [0.1, 0.15) is 11.6 Å². The first-order valence-corrected chi connectivity index (χ1v) is 9.91. The number of halogens is 1. The Bertz CT molecular complexity index is 835. The minimum atomic E-state index is -0.213. The highest BCUT2D eigenvalue weighted by Crippen LogP contribution is 2.13. The number of anilines is 1. The molecule has 1 aliphatic rings. The van der Waals surface area contributed by atoms with Gasteiger partial charge in [0.25, 0.3) is 5.91 Å². The SMILES string of the molecule is N#C/C(=C/Nc1ccc(I)cc1)C(=O)N1CCN(Cc2ccccc2)CC1. The Kier molecular flexibility index (Phi) is 6.85. The molecule has 0 radical (unpaired) electrons. The van der Waals surface area contributed by atoms with E-state index in [-0.39, 0.29) is 11.5 Å². The predicted molar refractivity (Wildman–Crippen MR) is 115 cm³/mol. The van der Waals surface area contributed by atoms with Crippen LogP contribution in [-0.2, 0) is 11.3 Å². The van der Waals surface area contributed by atoms with Crippen molar-refractivity contribution in [2.75, 3.05) is 31.5 Å². The van der Waals surface area contributed by atoms with E-state index >= 15 is 0 Å². The molecular weight excluding hydrogens is 451 g/mol. The number of nitrogens with zero attached hydrogens (tertiary/aromatic N) is 3. The van der Waals surface area contributed by atoms with Crippen LogP contribution in [0.3, 0.4) is 0 Å². The summed E-state index contributed by atoms with van der Waals surface area (Å²) in [7, 11) is 0. The third kappa shape index (κ3) is 5.55. The average molecular weight is 472 g/mol. The van der Waals surface area contributed by atoms with Gasteiger partial charge in [-0.05, 0) is 52.4 Å². The lowest BCUT2D eigenvalue weighted by atomic mass is 10.2. The van der Waals surface area contributed by atoms with Gasteiger partial charge in [-0.25, -0.2) is 0 Å². The lowest BCUT2D eigenvalue weighted by Gasteiger charge is -2.34. The number of carbonyl (C=O) groups is 1. The number of hydrogen-bond acceptors (Lipinski definition) is 4. The van der Waals surface area contributed by atoms with E-state index in [1.807, 2.05) is 48.5 Å². The number of nitriles is 1. The third-order valence-corrected chi connectivity index (χ3v) is 5.21.